The van der Waals surface area contributed by atoms with E-state index >= 15 is 0 Å². The molecule has 0 aliphatic rings. The normalized spacial score (nSPS) is 9.94. The first-order valence-corrected chi connectivity index (χ1v) is 13.6. The summed E-state index contributed by atoms with van der Waals surface area (Å²) in [5, 5.41) is 5.52. The average molecular weight is 548 g/mol. The molecule has 0 aliphatic heterocycles. The van der Waals surface area contributed by atoms with Crippen LogP contribution in [0.1, 0.15) is 49.9 Å². The van der Waals surface area contributed by atoms with Gasteiger partial charge in [-0.3, -0.25) is 0 Å². The van der Waals surface area contributed by atoms with Crippen LogP contribution in [-0.2, 0) is 34.6 Å². The van der Waals surface area contributed by atoms with E-state index in [0.717, 1.165) is 21.4 Å². The number of benzene rings is 2. The standard InChI is InChI=1S/2C14H17.C2H6Si.2ClH.Ti/c2*1-10(2)6-12-4-5-13-7-11(3)8-14(13)9-12;1-3-2;;;/h2*4-5,7-10H,6H2,1-3H3;1-2H3;2*1H;/q2*-1;;;;+4/p-2. The first kappa shape index (κ1) is 35.3. The van der Waals surface area contributed by atoms with Crippen LogP contribution in [0, 0.1) is 25.7 Å². The third-order valence-electron chi connectivity index (χ3n) is 5.12. The molecule has 0 atom stereocenters. The van der Waals surface area contributed by atoms with Crippen LogP contribution in [0.3, 0.4) is 0 Å². The predicted octanol–water partition coefficient (Wildman–Crippen LogP) is 2.92. The molecule has 0 spiro atoms. The van der Waals surface area contributed by atoms with Crippen LogP contribution in [0.4, 0.5) is 0 Å². The number of rotatable bonds is 4. The minimum absolute atomic E-state index is 0. The molecule has 0 unspecified atom stereocenters. The van der Waals surface area contributed by atoms with E-state index in [1.54, 1.807) is 0 Å². The zero-order valence-corrected chi connectivity index (χ0v) is 26.2. The molecule has 4 rings (SSSR count). The predicted molar refractivity (Wildman–Crippen MR) is 143 cm³/mol. The fourth-order valence-corrected chi connectivity index (χ4v) is 4.02. The van der Waals surface area contributed by atoms with Crippen LogP contribution >= 0.6 is 0 Å². The quantitative estimate of drug-likeness (QED) is 0.273. The van der Waals surface area contributed by atoms with Crippen LogP contribution in [0.15, 0.2) is 60.7 Å². The van der Waals surface area contributed by atoms with Crippen molar-refractivity contribution in [3.8, 4) is 0 Å². The van der Waals surface area contributed by atoms with Crippen LogP contribution in [0.5, 0.6) is 0 Å². The van der Waals surface area contributed by atoms with Gasteiger partial charge in [0, 0.05) is 9.52 Å². The van der Waals surface area contributed by atoms with Gasteiger partial charge in [0.05, 0.1) is 0 Å². The van der Waals surface area contributed by atoms with Gasteiger partial charge in [-0.2, -0.15) is 12.1 Å². The number of aryl methyl sites for hydroxylation is 2. The molecule has 0 saturated heterocycles. The van der Waals surface area contributed by atoms with Gasteiger partial charge in [0.1, 0.15) is 0 Å². The van der Waals surface area contributed by atoms with Crippen LogP contribution in [0.25, 0.3) is 21.5 Å². The molecule has 0 aliphatic carbocycles. The maximum Gasteiger partial charge on any atom is 4.00 e. The molecule has 34 heavy (non-hydrogen) atoms. The summed E-state index contributed by atoms with van der Waals surface area (Å²) in [5.74, 6) is 1.48. The molecule has 4 aromatic carbocycles. The smallest absolute Gasteiger partial charge is 1.00 e. The van der Waals surface area contributed by atoms with E-state index in [9.17, 15) is 0 Å². The van der Waals surface area contributed by atoms with Crippen molar-refractivity contribution in [2.75, 3.05) is 0 Å². The zero-order valence-electron chi connectivity index (χ0n) is 22.1. The Kier molecular flexibility index (Phi) is 18.3. The van der Waals surface area contributed by atoms with Gasteiger partial charge in [-0.25, -0.2) is 0 Å². The Labute approximate surface area is 238 Å². The Balaban J connectivity index is 0. The summed E-state index contributed by atoms with van der Waals surface area (Å²) in [6.45, 7) is 17.7. The molecule has 4 aromatic rings. The SMILES string of the molecule is C[Si]C.Cc1cc2cc(CC(C)C)ccc2[cH-]1.Cc1cc2cc(CC(C)C)ccc2[cH-]1.[Cl-].[Cl-].[Ti+4]. The number of hydrogen-bond donors (Lipinski definition) is 0. The Hall–Kier alpha value is -0.829. The first-order chi connectivity index (χ1) is 14.7. The Morgan fingerprint density at radius 1 is 0.647 bits per heavy atom. The zero-order chi connectivity index (χ0) is 23.0. The summed E-state index contributed by atoms with van der Waals surface area (Å²) < 4.78 is 0. The van der Waals surface area contributed by atoms with E-state index in [-0.39, 0.29) is 46.5 Å². The second-order valence-corrected chi connectivity index (χ2v) is 10.7. The molecule has 2 radical (unpaired) electrons. The van der Waals surface area contributed by atoms with Crippen molar-refractivity contribution >= 4 is 31.1 Å². The summed E-state index contributed by atoms with van der Waals surface area (Å²) in [6, 6.07) is 22.6. The van der Waals surface area contributed by atoms with Gasteiger partial charge >= 0.3 is 21.7 Å². The van der Waals surface area contributed by atoms with E-state index < -0.39 is 0 Å². The van der Waals surface area contributed by atoms with Gasteiger partial charge in [0.2, 0.25) is 0 Å². The van der Waals surface area contributed by atoms with Gasteiger partial charge in [-0.1, -0.05) is 65.8 Å². The van der Waals surface area contributed by atoms with Crippen LogP contribution in [0.2, 0.25) is 13.1 Å². The van der Waals surface area contributed by atoms with Gasteiger partial charge in [0.15, 0.2) is 0 Å². The van der Waals surface area contributed by atoms with Crippen molar-refractivity contribution < 1.29 is 46.5 Å². The summed E-state index contributed by atoms with van der Waals surface area (Å²) in [5.41, 5.74) is 5.64. The number of fused-ring (bicyclic) bond motifs is 2. The van der Waals surface area contributed by atoms with E-state index in [4.69, 9.17) is 0 Å². The molecule has 4 heteroatoms. The molecule has 182 valence electrons. The first-order valence-electron chi connectivity index (χ1n) is 11.6. The van der Waals surface area contributed by atoms with Crippen molar-refractivity contribution in [1.82, 2.24) is 0 Å². The Bertz CT molecular complexity index is 990. The molecule has 0 saturated carbocycles. The summed E-state index contributed by atoms with van der Waals surface area (Å²) in [4.78, 5) is 0. The minimum Gasteiger partial charge on any atom is -1.00 e. The third kappa shape index (κ3) is 11.7. The van der Waals surface area contributed by atoms with Crippen LogP contribution in [-0.4, -0.2) is 9.52 Å². The van der Waals surface area contributed by atoms with Crippen molar-refractivity contribution in [2.45, 2.75) is 67.5 Å². The van der Waals surface area contributed by atoms with E-state index in [1.807, 2.05) is 0 Å². The summed E-state index contributed by atoms with van der Waals surface area (Å²) in [7, 11) is 1.08. The molecule has 0 amide bonds. The van der Waals surface area contributed by atoms with Gasteiger partial charge in [0.25, 0.3) is 0 Å². The van der Waals surface area contributed by atoms with Crippen molar-refractivity contribution in [1.29, 1.82) is 0 Å². The maximum atomic E-state index is 2.32. The summed E-state index contributed by atoms with van der Waals surface area (Å²) >= 11 is 0. The molecule has 0 fully saturated rings. The fraction of sp³-hybridized carbons (Fsp3) is 0.400. The third-order valence-corrected chi connectivity index (χ3v) is 5.12. The second kappa shape index (κ2) is 17.6. The molecular weight excluding hydrogens is 507 g/mol. The van der Waals surface area contributed by atoms with Crippen molar-refractivity contribution in [3.63, 3.8) is 0 Å². The van der Waals surface area contributed by atoms with Gasteiger partial charge in [-0.15, -0.1) is 81.2 Å². The topological polar surface area (TPSA) is 0 Å². The molecule has 0 N–H and O–H groups in total. The fourth-order valence-electron chi connectivity index (χ4n) is 4.02. The number of halogens is 2. The van der Waals surface area contributed by atoms with Crippen LogP contribution < -0.4 is 24.8 Å². The van der Waals surface area contributed by atoms with E-state index in [1.165, 1.54) is 56.6 Å². The Morgan fingerprint density at radius 2 is 0.971 bits per heavy atom. The molecule has 0 bridgehead atoms. The van der Waals surface area contributed by atoms with E-state index in [0.29, 0.717) is 0 Å². The van der Waals surface area contributed by atoms with E-state index in [2.05, 4.69) is 115 Å². The van der Waals surface area contributed by atoms with Crippen molar-refractivity contribution in [3.05, 3.63) is 82.9 Å². The van der Waals surface area contributed by atoms with Crippen molar-refractivity contribution in [2.24, 2.45) is 11.8 Å². The molecule has 0 aromatic heterocycles. The molecule has 0 nitrogen and oxygen atoms in total. The maximum absolute atomic E-state index is 2.32. The monoisotopic (exact) mass is 546 g/mol. The van der Waals surface area contributed by atoms with Gasteiger partial charge < -0.3 is 24.8 Å². The van der Waals surface area contributed by atoms with Gasteiger partial charge in [-0.05, 0) is 24.7 Å². The summed E-state index contributed by atoms with van der Waals surface area (Å²) in [6.07, 6.45) is 2.36. The minimum atomic E-state index is 0. The largest absolute Gasteiger partial charge is 4.00 e. The second-order valence-electron chi connectivity index (χ2n) is 9.69. The molecule has 0 heterocycles. The Morgan fingerprint density at radius 3 is 1.26 bits per heavy atom. The molecular formula is C30H40Cl2SiTi. The number of hydrogen-bond acceptors (Lipinski definition) is 0. The average Bonchev–Trinajstić information content (AvgIpc) is 3.21.